The lowest BCUT2D eigenvalue weighted by Crippen LogP contribution is -2.37. The highest BCUT2D eigenvalue weighted by molar-refractivity contribution is 7.99. The Hall–Kier alpha value is -3.24. The Morgan fingerprint density at radius 1 is 1.22 bits per heavy atom. The molecular weight excluding hydrogens is 426 g/mol. The van der Waals surface area contributed by atoms with Crippen molar-refractivity contribution in [1.29, 1.82) is 0 Å². The van der Waals surface area contributed by atoms with E-state index in [9.17, 15) is 4.79 Å². The number of carbonyl (C=O) groups is 1. The van der Waals surface area contributed by atoms with Gasteiger partial charge in [-0.1, -0.05) is 12.1 Å². The average Bonchev–Trinajstić information content (AvgIpc) is 3.23. The predicted octanol–water partition coefficient (Wildman–Crippen LogP) is 2.55. The molecule has 10 heteroatoms. The van der Waals surface area contributed by atoms with Crippen molar-refractivity contribution in [2.75, 3.05) is 48.0 Å². The molecule has 9 nitrogen and oxygen atoms in total. The topological polar surface area (TPSA) is 119 Å². The molecule has 0 spiro atoms. The van der Waals surface area contributed by atoms with Crippen molar-refractivity contribution >= 4 is 35.1 Å². The van der Waals surface area contributed by atoms with E-state index in [1.54, 1.807) is 24.2 Å². The van der Waals surface area contributed by atoms with Crippen LogP contribution in [-0.2, 0) is 9.53 Å². The Morgan fingerprint density at radius 2 is 2.00 bits per heavy atom. The van der Waals surface area contributed by atoms with Crippen LogP contribution in [0.5, 0.6) is 0 Å². The zero-order chi connectivity index (χ0) is 22.1. The minimum absolute atomic E-state index is 0.0833. The second-order valence-corrected chi connectivity index (χ2v) is 8.72. The first-order valence-corrected chi connectivity index (χ1v) is 11.4. The summed E-state index contributed by atoms with van der Waals surface area (Å²) in [5.41, 5.74) is 9.26. The maximum Gasteiger partial charge on any atom is 0.221 e. The fraction of sp³-hybridized carbons (Fsp3) is 0.318. The van der Waals surface area contributed by atoms with Gasteiger partial charge in [-0.2, -0.15) is 0 Å². The molecule has 0 saturated carbocycles. The van der Waals surface area contributed by atoms with Crippen LogP contribution in [0.4, 0.5) is 17.5 Å². The number of ether oxygens (including phenoxy) is 1. The average molecular weight is 450 g/mol. The monoisotopic (exact) mass is 449 g/mol. The first-order chi connectivity index (χ1) is 15.6. The molecule has 5 rings (SSSR count). The van der Waals surface area contributed by atoms with Gasteiger partial charge in [0.15, 0.2) is 5.82 Å². The Morgan fingerprint density at radius 3 is 2.75 bits per heavy atom. The fourth-order valence-electron chi connectivity index (χ4n) is 3.94. The van der Waals surface area contributed by atoms with E-state index < -0.39 is 0 Å². The largest absolute Gasteiger partial charge is 0.378 e. The second-order valence-electron chi connectivity index (χ2n) is 7.68. The zero-order valence-corrected chi connectivity index (χ0v) is 18.4. The van der Waals surface area contributed by atoms with Crippen LogP contribution in [0.2, 0.25) is 0 Å². The SMILES string of the molecule is CC(=O)Nc1cccc(C2CSc3c2nc(-c2cnc(N)nc2)nc3N2CCOCC2)c1. The molecule has 3 aromatic rings. The summed E-state index contributed by atoms with van der Waals surface area (Å²) in [7, 11) is 0. The Balaban J connectivity index is 1.60. The molecule has 1 saturated heterocycles. The molecule has 2 aromatic heterocycles. The van der Waals surface area contributed by atoms with Gasteiger partial charge in [-0.3, -0.25) is 4.79 Å². The third-order valence-corrected chi connectivity index (χ3v) is 6.63. The second kappa shape index (κ2) is 8.71. The maximum atomic E-state index is 11.5. The summed E-state index contributed by atoms with van der Waals surface area (Å²) >= 11 is 1.77. The number of nitrogen functional groups attached to an aromatic ring is 1. The molecule has 2 aliphatic rings. The number of aromatic nitrogens is 4. The van der Waals surface area contributed by atoms with Crippen LogP contribution in [0.3, 0.4) is 0 Å². The van der Waals surface area contributed by atoms with Gasteiger partial charge in [0.2, 0.25) is 11.9 Å². The molecule has 32 heavy (non-hydrogen) atoms. The number of rotatable bonds is 4. The molecular formula is C22H23N7O2S. The number of nitrogens with zero attached hydrogens (tertiary/aromatic N) is 5. The minimum Gasteiger partial charge on any atom is -0.378 e. The first kappa shape index (κ1) is 20.7. The molecule has 1 aromatic carbocycles. The number of hydrogen-bond acceptors (Lipinski definition) is 9. The van der Waals surface area contributed by atoms with Crippen LogP contribution in [0, 0.1) is 0 Å². The highest BCUT2D eigenvalue weighted by Gasteiger charge is 2.33. The van der Waals surface area contributed by atoms with Crippen LogP contribution in [0.25, 0.3) is 11.4 Å². The number of nitrogens with two attached hydrogens (primary N) is 1. The van der Waals surface area contributed by atoms with Crippen molar-refractivity contribution in [3.8, 4) is 11.4 Å². The van der Waals surface area contributed by atoms with Gasteiger partial charge >= 0.3 is 0 Å². The number of amides is 1. The number of anilines is 3. The summed E-state index contributed by atoms with van der Waals surface area (Å²) < 4.78 is 5.54. The van der Waals surface area contributed by atoms with Crippen molar-refractivity contribution in [3.63, 3.8) is 0 Å². The first-order valence-electron chi connectivity index (χ1n) is 10.4. The summed E-state index contributed by atoms with van der Waals surface area (Å²) in [6.07, 6.45) is 3.31. The standard InChI is InChI=1S/C22H23N7O2S/c1-13(30)26-16-4-2-3-14(9-16)17-12-32-19-18(17)27-20(15-10-24-22(23)25-11-15)28-21(19)29-5-7-31-8-6-29/h2-4,9-11,17H,5-8,12H2,1H3,(H,26,30)(H2,23,24,25). The summed E-state index contributed by atoms with van der Waals surface area (Å²) in [4.78, 5) is 33.0. The van der Waals surface area contributed by atoms with E-state index in [2.05, 4.69) is 26.3 Å². The van der Waals surface area contributed by atoms with Gasteiger partial charge in [0.25, 0.3) is 0 Å². The van der Waals surface area contributed by atoms with Gasteiger partial charge in [0.05, 0.1) is 29.4 Å². The Bertz CT molecular complexity index is 1150. The van der Waals surface area contributed by atoms with Gasteiger partial charge in [-0.15, -0.1) is 11.8 Å². The summed E-state index contributed by atoms with van der Waals surface area (Å²) in [5, 5.41) is 2.87. The van der Waals surface area contributed by atoms with Gasteiger partial charge in [-0.25, -0.2) is 19.9 Å². The molecule has 2 aliphatic heterocycles. The fourth-order valence-corrected chi connectivity index (χ4v) is 5.26. The van der Waals surface area contributed by atoms with Crippen molar-refractivity contribution in [3.05, 3.63) is 47.9 Å². The van der Waals surface area contributed by atoms with Crippen LogP contribution < -0.4 is 16.0 Å². The number of fused-ring (bicyclic) bond motifs is 1. The summed E-state index contributed by atoms with van der Waals surface area (Å²) in [5.74, 6) is 2.57. The Kier molecular flexibility index (Phi) is 5.62. The van der Waals surface area contributed by atoms with Crippen molar-refractivity contribution < 1.29 is 9.53 Å². The van der Waals surface area contributed by atoms with Gasteiger partial charge in [0, 0.05) is 49.8 Å². The Labute approximate surface area is 189 Å². The highest BCUT2D eigenvalue weighted by Crippen LogP contribution is 2.47. The van der Waals surface area contributed by atoms with E-state index >= 15 is 0 Å². The number of benzene rings is 1. The summed E-state index contributed by atoms with van der Waals surface area (Å²) in [6, 6.07) is 7.95. The number of nitrogens with one attached hydrogen (secondary N) is 1. The normalized spacial score (nSPS) is 17.8. The molecule has 1 unspecified atom stereocenters. The van der Waals surface area contributed by atoms with E-state index in [0.29, 0.717) is 19.0 Å². The lowest BCUT2D eigenvalue weighted by Gasteiger charge is -2.29. The smallest absolute Gasteiger partial charge is 0.221 e. The number of thioether (sulfide) groups is 1. The van der Waals surface area contributed by atoms with Crippen molar-refractivity contribution in [1.82, 2.24) is 19.9 Å². The van der Waals surface area contributed by atoms with Gasteiger partial charge < -0.3 is 20.7 Å². The lowest BCUT2D eigenvalue weighted by atomic mass is 9.96. The molecule has 164 valence electrons. The van der Waals surface area contributed by atoms with Gasteiger partial charge in [0.1, 0.15) is 5.82 Å². The molecule has 0 radical (unpaired) electrons. The molecule has 0 aliphatic carbocycles. The third-order valence-electron chi connectivity index (χ3n) is 5.45. The molecule has 1 atom stereocenters. The van der Waals surface area contributed by atoms with E-state index in [1.165, 1.54) is 6.92 Å². The van der Waals surface area contributed by atoms with E-state index in [4.69, 9.17) is 20.4 Å². The minimum atomic E-state index is -0.0917. The van der Waals surface area contributed by atoms with Crippen molar-refractivity contribution in [2.45, 2.75) is 17.7 Å². The molecule has 4 heterocycles. The van der Waals surface area contributed by atoms with Crippen LogP contribution in [0.15, 0.2) is 41.6 Å². The number of carbonyl (C=O) groups excluding carboxylic acids is 1. The maximum absolute atomic E-state index is 11.5. The highest BCUT2D eigenvalue weighted by atomic mass is 32.2. The van der Waals surface area contributed by atoms with Crippen molar-refractivity contribution in [2.24, 2.45) is 0 Å². The molecule has 0 bridgehead atoms. The van der Waals surface area contributed by atoms with E-state index in [-0.39, 0.29) is 17.8 Å². The van der Waals surface area contributed by atoms with E-state index in [1.807, 2.05) is 18.2 Å². The lowest BCUT2D eigenvalue weighted by molar-refractivity contribution is -0.114. The van der Waals surface area contributed by atoms with Crippen LogP contribution in [0.1, 0.15) is 24.1 Å². The summed E-state index contributed by atoms with van der Waals surface area (Å²) in [6.45, 7) is 4.42. The predicted molar refractivity (Wildman–Crippen MR) is 124 cm³/mol. The van der Waals surface area contributed by atoms with Crippen LogP contribution in [-0.4, -0.2) is 57.9 Å². The van der Waals surface area contributed by atoms with E-state index in [0.717, 1.165) is 52.1 Å². The molecule has 1 fully saturated rings. The molecule has 1 amide bonds. The third kappa shape index (κ3) is 4.11. The zero-order valence-electron chi connectivity index (χ0n) is 17.6. The quantitative estimate of drug-likeness (QED) is 0.619. The molecule has 3 N–H and O–H groups in total. The number of morpholine rings is 1. The van der Waals surface area contributed by atoms with Crippen LogP contribution >= 0.6 is 11.8 Å². The number of hydrogen-bond donors (Lipinski definition) is 2. The van der Waals surface area contributed by atoms with Gasteiger partial charge in [-0.05, 0) is 17.7 Å².